The van der Waals surface area contributed by atoms with Gasteiger partial charge in [0.05, 0.1) is 11.8 Å². The van der Waals surface area contributed by atoms with Crippen molar-refractivity contribution in [3.63, 3.8) is 0 Å². The number of rotatable bonds is 3. The molecule has 4 heterocycles. The molecule has 4 saturated heterocycles. The lowest BCUT2D eigenvalue weighted by molar-refractivity contribution is -0.133. The Bertz CT molecular complexity index is 580. The van der Waals surface area contributed by atoms with Crippen LogP contribution in [0, 0.1) is 12.8 Å². The summed E-state index contributed by atoms with van der Waals surface area (Å²) in [5.41, 5.74) is 2.72. The van der Waals surface area contributed by atoms with Crippen LogP contribution in [-0.2, 0) is 4.79 Å². The minimum absolute atomic E-state index is 0.343. The van der Waals surface area contributed by atoms with E-state index in [9.17, 15) is 4.79 Å². The van der Waals surface area contributed by atoms with E-state index in [0.29, 0.717) is 35.6 Å². The van der Waals surface area contributed by atoms with Gasteiger partial charge in [-0.05, 0) is 50.6 Å². The first-order chi connectivity index (χ1) is 11.2. The van der Waals surface area contributed by atoms with E-state index in [2.05, 4.69) is 41.0 Å². The molecule has 1 amide bonds. The number of likely N-dealkylation sites (tertiary alicyclic amines) is 1. The summed E-state index contributed by atoms with van der Waals surface area (Å²) in [7, 11) is 0. The summed E-state index contributed by atoms with van der Waals surface area (Å²) in [6.07, 6.45) is 4.56. The predicted molar refractivity (Wildman–Crippen MR) is 95.9 cm³/mol. The molecule has 0 unspecified atom stereocenters. The molecule has 4 heteroatoms. The number of fused-ring (bicyclic) bond motifs is 2. The number of amides is 1. The van der Waals surface area contributed by atoms with Gasteiger partial charge in [0.25, 0.3) is 0 Å². The Morgan fingerprint density at radius 2 is 1.87 bits per heavy atom. The van der Waals surface area contributed by atoms with Crippen molar-refractivity contribution in [2.24, 2.45) is 5.92 Å². The molecule has 23 heavy (non-hydrogen) atoms. The maximum absolute atomic E-state index is 12.7. The fourth-order valence-corrected chi connectivity index (χ4v) is 5.43. The van der Waals surface area contributed by atoms with Crippen LogP contribution < -0.4 is 0 Å². The second kappa shape index (κ2) is 6.14. The van der Waals surface area contributed by atoms with E-state index < -0.39 is 0 Å². The van der Waals surface area contributed by atoms with Crippen molar-refractivity contribution in [2.45, 2.75) is 37.8 Å². The van der Waals surface area contributed by atoms with Gasteiger partial charge in [-0.2, -0.15) is 11.8 Å². The van der Waals surface area contributed by atoms with Crippen LogP contribution in [0.3, 0.4) is 0 Å². The molecule has 2 bridgehead atoms. The first-order valence-electron chi connectivity index (χ1n) is 8.78. The highest BCUT2D eigenvalue weighted by atomic mass is 32.2. The molecule has 0 aromatic heterocycles. The first-order valence-corrected chi connectivity index (χ1v) is 10.2. The van der Waals surface area contributed by atoms with Crippen LogP contribution in [0.5, 0.6) is 0 Å². The average Bonchev–Trinajstić information content (AvgIpc) is 3.00. The number of piperidine rings is 3. The zero-order valence-corrected chi connectivity index (χ0v) is 14.9. The monoisotopic (exact) mass is 330 g/mol. The second-order valence-corrected chi connectivity index (χ2v) is 8.22. The number of carbonyl (C=O) groups excluding carboxylic acids is 1. The highest BCUT2D eigenvalue weighted by molar-refractivity contribution is 7.99. The maximum Gasteiger partial charge on any atom is 0.232 e. The van der Waals surface area contributed by atoms with E-state index in [1.165, 1.54) is 37.1 Å². The van der Waals surface area contributed by atoms with Crippen LogP contribution in [0.2, 0.25) is 0 Å². The number of aryl methyl sites for hydroxylation is 1. The Labute approximate surface area is 143 Å². The fourth-order valence-electron chi connectivity index (χ4n) is 5.02. The quantitative estimate of drug-likeness (QED) is 0.851. The molecule has 0 radical (unpaired) electrons. The zero-order chi connectivity index (χ0) is 16.0. The third-order valence-electron chi connectivity index (χ3n) is 6.09. The summed E-state index contributed by atoms with van der Waals surface area (Å²) in [6, 6.07) is 9.98. The van der Waals surface area contributed by atoms with Crippen molar-refractivity contribution in [3.8, 4) is 0 Å². The molecule has 1 aromatic carbocycles. The van der Waals surface area contributed by atoms with Crippen LogP contribution in [0.4, 0.5) is 0 Å². The van der Waals surface area contributed by atoms with Crippen molar-refractivity contribution in [1.82, 2.24) is 9.80 Å². The predicted octanol–water partition coefficient (Wildman–Crippen LogP) is 2.75. The minimum atomic E-state index is 0.343. The van der Waals surface area contributed by atoms with Crippen LogP contribution >= 0.6 is 11.8 Å². The van der Waals surface area contributed by atoms with Crippen LogP contribution in [0.1, 0.15) is 29.9 Å². The molecule has 0 spiro atoms. The molecule has 5 rings (SSSR count). The minimum Gasteiger partial charge on any atom is -0.336 e. The third kappa shape index (κ3) is 2.60. The maximum atomic E-state index is 12.7. The summed E-state index contributed by atoms with van der Waals surface area (Å²) < 4.78 is 0. The number of carbonyl (C=O) groups is 1. The van der Waals surface area contributed by atoms with Crippen molar-refractivity contribution < 1.29 is 4.79 Å². The molecular weight excluding hydrogens is 304 g/mol. The number of thioether (sulfide) groups is 1. The molecule has 0 aliphatic carbocycles. The van der Waals surface area contributed by atoms with Gasteiger partial charge in [-0.3, -0.25) is 9.69 Å². The zero-order valence-electron chi connectivity index (χ0n) is 14.1. The summed E-state index contributed by atoms with van der Waals surface area (Å²) in [4.78, 5) is 17.6. The van der Waals surface area contributed by atoms with Gasteiger partial charge < -0.3 is 4.90 Å². The van der Waals surface area contributed by atoms with Crippen LogP contribution in [-0.4, -0.2) is 59.4 Å². The smallest absolute Gasteiger partial charge is 0.232 e. The first kappa shape index (κ1) is 15.5. The van der Waals surface area contributed by atoms with Crippen molar-refractivity contribution in [2.75, 3.05) is 31.6 Å². The summed E-state index contributed by atoms with van der Waals surface area (Å²) in [5, 5.41) is 0. The Morgan fingerprint density at radius 3 is 2.52 bits per heavy atom. The lowest BCUT2D eigenvalue weighted by Crippen LogP contribution is -2.60. The molecule has 124 valence electrons. The lowest BCUT2D eigenvalue weighted by Gasteiger charge is -2.51. The Kier molecular flexibility index (Phi) is 4.14. The number of benzene rings is 1. The standard InChI is InChI=1S/C19H26N2OS/c1-13-3-5-14(6-4-13)16-11-21(17(22)12-23-2)18-15-7-9-20(10-8-15)19(16)18/h3-6,15-16,18-19H,7-12H2,1-2H3/t16-,18-,19-/m1/s1. The van der Waals surface area contributed by atoms with E-state index >= 15 is 0 Å². The molecule has 3 atom stereocenters. The number of nitrogens with zero attached hydrogens (tertiary/aromatic N) is 2. The molecule has 3 nitrogen and oxygen atoms in total. The molecule has 0 N–H and O–H groups in total. The molecular formula is C19H26N2OS. The van der Waals surface area contributed by atoms with Gasteiger partial charge in [-0.25, -0.2) is 0 Å². The topological polar surface area (TPSA) is 23.6 Å². The fraction of sp³-hybridized carbons (Fsp3) is 0.632. The molecule has 1 aromatic rings. The van der Waals surface area contributed by atoms with Crippen molar-refractivity contribution >= 4 is 17.7 Å². The number of hydrogen-bond acceptors (Lipinski definition) is 3. The molecule has 4 aliphatic rings. The van der Waals surface area contributed by atoms with Gasteiger partial charge in [0.15, 0.2) is 0 Å². The molecule has 4 fully saturated rings. The Balaban J connectivity index is 1.67. The SMILES string of the molecule is CSCC(=O)N1C[C@H](c2ccc(C)cc2)[C@@H]2[C@H]1C1CCN2CC1. The van der Waals surface area contributed by atoms with Gasteiger partial charge in [0.1, 0.15) is 0 Å². The summed E-state index contributed by atoms with van der Waals surface area (Å²) in [6.45, 7) is 5.49. The highest BCUT2D eigenvalue weighted by Crippen LogP contribution is 2.46. The summed E-state index contributed by atoms with van der Waals surface area (Å²) >= 11 is 1.65. The largest absolute Gasteiger partial charge is 0.336 e. The van der Waals surface area contributed by atoms with Gasteiger partial charge in [0.2, 0.25) is 5.91 Å². The van der Waals surface area contributed by atoms with E-state index in [1.54, 1.807) is 11.8 Å². The van der Waals surface area contributed by atoms with Crippen LogP contribution in [0.25, 0.3) is 0 Å². The van der Waals surface area contributed by atoms with Crippen LogP contribution in [0.15, 0.2) is 24.3 Å². The molecule has 4 aliphatic heterocycles. The van der Waals surface area contributed by atoms with Crippen molar-refractivity contribution in [1.29, 1.82) is 0 Å². The van der Waals surface area contributed by atoms with Crippen molar-refractivity contribution in [3.05, 3.63) is 35.4 Å². The van der Waals surface area contributed by atoms with Gasteiger partial charge >= 0.3 is 0 Å². The van der Waals surface area contributed by atoms with E-state index in [0.717, 1.165) is 6.54 Å². The van der Waals surface area contributed by atoms with E-state index in [1.807, 2.05) is 6.26 Å². The number of hydrogen-bond donors (Lipinski definition) is 0. The second-order valence-electron chi connectivity index (χ2n) is 7.35. The van der Waals surface area contributed by atoms with Gasteiger partial charge in [0, 0.05) is 18.5 Å². The van der Waals surface area contributed by atoms with Gasteiger partial charge in [-0.1, -0.05) is 29.8 Å². The summed E-state index contributed by atoms with van der Waals surface area (Å²) in [5.74, 6) is 2.16. The Morgan fingerprint density at radius 1 is 1.17 bits per heavy atom. The lowest BCUT2D eigenvalue weighted by atomic mass is 9.75. The Hall–Kier alpha value is -1.00. The average molecular weight is 330 g/mol. The van der Waals surface area contributed by atoms with Gasteiger partial charge in [-0.15, -0.1) is 0 Å². The van der Waals surface area contributed by atoms with E-state index in [-0.39, 0.29) is 0 Å². The highest BCUT2D eigenvalue weighted by Gasteiger charge is 2.54. The third-order valence-corrected chi connectivity index (χ3v) is 6.62. The van der Waals surface area contributed by atoms with E-state index in [4.69, 9.17) is 0 Å². The molecule has 0 saturated carbocycles. The normalized spacial score (nSPS) is 35.4.